The molecule has 0 aromatic heterocycles. The number of hydrogen-bond donors (Lipinski definition) is 1. The minimum Gasteiger partial charge on any atom is -0.406 e. The van der Waals surface area contributed by atoms with Gasteiger partial charge in [0.1, 0.15) is 5.75 Å². The Morgan fingerprint density at radius 3 is 2.67 bits per heavy atom. The average Bonchev–Trinajstić information content (AvgIpc) is 2.14. The second kappa shape index (κ2) is 5.34. The van der Waals surface area contributed by atoms with Crippen molar-refractivity contribution < 1.29 is 13.9 Å². The van der Waals surface area contributed by atoms with E-state index in [0.717, 1.165) is 11.1 Å². The Balaban J connectivity index is 2.87. The first kappa shape index (κ1) is 12.3. The first-order chi connectivity index (χ1) is 7.00. The van der Waals surface area contributed by atoms with Crippen LogP contribution in [0, 0.1) is 6.92 Å². The molecule has 0 saturated heterocycles. The number of nitrogens with zero attached hydrogens (tertiary/aromatic N) is 1. The predicted molar refractivity (Wildman–Crippen MR) is 58.2 cm³/mol. The molecule has 0 saturated carbocycles. The number of benzene rings is 1. The highest BCUT2D eigenvalue weighted by Crippen LogP contribution is 2.30. The van der Waals surface area contributed by atoms with Gasteiger partial charge in [-0.25, -0.2) is 0 Å². The molecular formula is C10H14FNO2S. The van der Waals surface area contributed by atoms with Crippen LogP contribution in [-0.2, 0) is 0 Å². The van der Waals surface area contributed by atoms with E-state index in [1.807, 2.05) is 39.0 Å². The summed E-state index contributed by atoms with van der Waals surface area (Å²) in [6.45, 7) is 5.97. The Labute approximate surface area is 93.1 Å². The van der Waals surface area contributed by atoms with E-state index in [-0.39, 0.29) is 18.1 Å². The van der Waals surface area contributed by atoms with Gasteiger partial charge in [0, 0.05) is 0 Å². The fourth-order valence-electron chi connectivity index (χ4n) is 1.26. The molecule has 3 nitrogen and oxygen atoms in total. The third-order valence-corrected chi connectivity index (χ3v) is 2.36. The van der Waals surface area contributed by atoms with Crippen molar-refractivity contribution in [3.8, 4) is 5.75 Å². The van der Waals surface area contributed by atoms with Gasteiger partial charge in [-0.15, -0.1) is 0 Å². The van der Waals surface area contributed by atoms with Crippen molar-refractivity contribution in [1.82, 2.24) is 4.69 Å². The lowest BCUT2D eigenvalue weighted by molar-refractivity contribution is -0.142. The Hall–Kier alpha value is -0.780. The summed E-state index contributed by atoms with van der Waals surface area (Å²) in [6, 6.07) is 5.72. The molecule has 0 atom stereocenters. The van der Waals surface area contributed by atoms with Crippen LogP contribution in [-0.4, -0.2) is 9.90 Å². The van der Waals surface area contributed by atoms with Crippen molar-refractivity contribution in [3.63, 3.8) is 0 Å². The average molecular weight is 231 g/mol. The van der Waals surface area contributed by atoms with E-state index < -0.39 is 4.69 Å². The maximum Gasteiger partial charge on any atom is 0.207 e. The van der Waals surface area contributed by atoms with E-state index in [9.17, 15) is 4.48 Å². The highest BCUT2D eigenvalue weighted by molar-refractivity contribution is 7.92. The smallest absolute Gasteiger partial charge is 0.207 e. The lowest BCUT2D eigenvalue weighted by Crippen LogP contribution is -2.00. The molecule has 0 bridgehead atoms. The van der Waals surface area contributed by atoms with Crippen molar-refractivity contribution in [1.29, 1.82) is 0 Å². The van der Waals surface area contributed by atoms with E-state index in [2.05, 4.69) is 0 Å². The molecule has 0 spiro atoms. The summed E-state index contributed by atoms with van der Waals surface area (Å²) >= 11 is 0.247. The van der Waals surface area contributed by atoms with Gasteiger partial charge in [0.25, 0.3) is 0 Å². The minimum atomic E-state index is -0.563. The molecule has 0 fully saturated rings. The van der Waals surface area contributed by atoms with Gasteiger partial charge >= 0.3 is 0 Å². The molecule has 1 aromatic rings. The number of rotatable bonds is 4. The first-order valence-electron chi connectivity index (χ1n) is 4.60. The van der Waals surface area contributed by atoms with Gasteiger partial charge in [-0.3, -0.25) is 5.21 Å². The number of hydrogen-bond acceptors (Lipinski definition) is 4. The van der Waals surface area contributed by atoms with Gasteiger partial charge < -0.3 is 4.18 Å². The molecule has 1 N–H and O–H groups in total. The monoisotopic (exact) mass is 231 g/mol. The quantitative estimate of drug-likeness (QED) is 0.371. The molecule has 0 aliphatic carbocycles. The zero-order chi connectivity index (χ0) is 11.4. The molecular weight excluding hydrogens is 217 g/mol. The van der Waals surface area contributed by atoms with Crippen molar-refractivity contribution >= 4 is 12.2 Å². The summed E-state index contributed by atoms with van der Waals surface area (Å²) in [6.07, 6.45) is 0. The van der Waals surface area contributed by atoms with Crippen molar-refractivity contribution in [2.24, 2.45) is 0 Å². The topological polar surface area (TPSA) is 32.7 Å². The second-order valence-corrected chi connectivity index (χ2v) is 4.20. The molecule has 0 heterocycles. The third-order valence-electron chi connectivity index (χ3n) is 1.98. The minimum absolute atomic E-state index is 0.247. The van der Waals surface area contributed by atoms with Crippen LogP contribution in [0.1, 0.15) is 30.9 Å². The molecule has 0 aliphatic heterocycles. The summed E-state index contributed by atoms with van der Waals surface area (Å²) in [5.74, 6) is 0.861. The van der Waals surface area contributed by atoms with Crippen molar-refractivity contribution in [3.05, 3.63) is 29.3 Å². The normalized spacial score (nSPS) is 11.1. The third kappa shape index (κ3) is 3.70. The van der Waals surface area contributed by atoms with Gasteiger partial charge in [-0.05, 0) is 30.0 Å². The summed E-state index contributed by atoms with van der Waals surface area (Å²) in [5.41, 5.74) is 2.01. The molecule has 0 radical (unpaired) electrons. The fraction of sp³-hybridized carbons (Fsp3) is 0.400. The van der Waals surface area contributed by atoms with Crippen LogP contribution < -0.4 is 4.18 Å². The summed E-state index contributed by atoms with van der Waals surface area (Å²) in [7, 11) is 0. The molecule has 84 valence electrons. The number of halogens is 1. The van der Waals surface area contributed by atoms with E-state index in [1.54, 1.807) is 0 Å². The fourth-order valence-corrected chi connectivity index (χ4v) is 1.55. The Morgan fingerprint density at radius 2 is 2.13 bits per heavy atom. The summed E-state index contributed by atoms with van der Waals surface area (Å²) < 4.78 is 16.5. The van der Waals surface area contributed by atoms with Gasteiger partial charge in [0.2, 0.25) is 12.2 Å². The van der Waals surface area contributed by atoms with Gasteiger partial charge in [-0.1, -0.05) is 30.5 Å². The maximum absolute atomic E-state index is 12.0. The zero-order valence-corrected chi connectivity index (χ0v) is 9.71. The highest BCUT2D eigenvalue weighted by Gasteiger charge is 2.10. The SMILES string of the molecule is Cc1ccc(C(C)C)c(OSN(O)F)c1. The van der Waals surface area contributed by atoms with E-state index in [0.29, 0.717) is 5.75 Å². The molecule has 1 rings (SSSR count). The maximum atomic E-state index is 12.0. The first-order valence-corrected chi connectivity index (χ1v) is 5.30. The Bertz CT molecular complexity index is 331. The standard InChI is InChI=1S/C10H14FNO2S/c1-7(2)9-5-4-8(3)6-10(9)14-15-12(11)13/h4-7,13H,1-3H3. The highest BCUT2D eigenvalue weighted by atomic mass is 32.2. The number of aryl methyl sites for hydroxylation is 1. The van der Waals surface area contributed by atoms with Crippen LogP contribution in [0.25, 0.3) is 0 Å². The molecule has 0 aliphatic rings. The predicted octanol–water partition coefficient (Wildman–Crippen LogP) is 3.64. The van der Waals surface area contributed by atoms with Gasteiger partial charge in [0.15, 0.2) is 0 Å². The van der Waals surface area contributed by atoms with Crippen LogP contribution in [0.4, 0.5) is 4.48 Å². The van der Waals surface area contributed by atoms with Crippen molar-refractivity contribution in [2.45, 2.75) is 26.7 Å². The largest absolute Gasteiger partial charge is 0.406 e. The molecule has 1 aromatic carbocycles. The molecule has 0 unspecified atom stereocenters. The summed E-state index contributed by atoms with van der Waals surface area (Å²) in [5, 5.41) is 8.32. The van der Waals surface area contributed by atoms with E-state index in [4.69, 9.17) is 9.39 Å². The van der Waals surface area contributed by atoms with Gasteiger partial charge in [0.05, 0.1) is 4.69 Å². The Morgan fingerprint density at radius 1 is 1.47 bits per heavy atom. The lowest BCUT2D eigenvalue weighted by Gasteiger charge is -2.13. The zero-order valence-electron chi connectivity index (χ0n) is 8.90. The van der Waals surface area contributed by atoms with Crippen LogP contribution in [0.2, 0.25) is 0 Å². The lowest BCUT2D eigenvalue weighted by atomic mass is 10.0. The van der Waals surface area contributed by atoms with E-state index in [1.165, 1.54) is 0 Å². The molecule has 0 amide bonds. The van der Waals surface area contributed by atoms with Crippen LogP contribution in [0.15, 0.2) is 18.2 Å². The van der Waals surface area contributed by atoms with E-state index >= 15 is 0 Å². The van der Waals surface area contributed by atoms with Crippen LogP contribution in [0.3, 0.4) is 0 Å². The van der Waals surface area contributed by atoms with Crippen molar-refractivity contribution in [2.75, 3.05) is 0 Å². The Kier molecular flexibility index (Phi) is 4.38. The molecule has 5 heteroatoms. The van der Waals surface area contributed by atoms with Crippen LogP contribution in [0.5, 0.6) is 5.75 Å². The summed E-state index contributed by atoms with van der Waals surface area (Å²) in [4.78, 5) is 0. The van der Waals surface area contributed by atoms with Gasteiger partial charge in [-0.2, -0.15) is 0 Å². The molecule has 15 heavy (non-hydrogen) atoms. The second-order valence-electron chi connectivity index (χ2n) is 3.58. The van der Waals surface area contributed by atoms with Crippen LogP contribution >= 0.6 is 12.2 Å².